The van der Waals surface area contributed by atoms with E-state index in [1.807, 2.05) is 43.3 Å². The molecule has 18 heavy (non-hydrogen) atoms. The number of rotatable bonds is 3. The van der Waals surface area contributed by atoms with Crippen LogP contribution in [0.4, 0.5) is 0 Å². The first kappa shape index (κ1) is 13.2. The van der Waals surface area contributed by atoms with Gasteiger partial charge < -0.3 is 5.73 Å². The lowest BCUT2D eigenvalue weighted by Gasteiger charge is -2.09. The Hall–Kier alpha value is -1.26. The van der Waals surface area contributed by atoms with Crippen molar-refractivity contribution < 1.29 is 0 Å². The van der Waals surface area contributed by atoms with Gasteiger partial charge in [0, 0.05) is 19.8 Å². The molecule has 3 N–H and O–H groups in total. The average molecular weight is 321 g/mol. The number of nitrogens with one attached hydrogen (secondary N) is 1. The Labute approximate surface area is 119 Å². The van der Waals surface area contributed by atoms with Crippen LogP contribution >= 0.6 is 27.7 Å². The van der Waals surface area contributed by atoms with E-state index in [-0.39, 0.29) is 5.84 Å². The van der Waals surface area contributed by atoms with Gasteiger partial charge in [0.1, 0.15) is 5.84 Å². The highest BCUT2D eigenvalue weighted by atomic mass is 79.9. The van der Waals surface area contributed by atoms with Gasteiger partial charge in [0.05, 0.1) is 0 Å². The maximum Gasteiger partial charge on any atom is 0.123 e. The summed E-state index contributed by atoms with van der Waals surface area (Å²) < 4.78 is 1.06. The Morgan fingerprint density at radius 3 is 2.44 bits per heavy atom. The number of hydrogen-bond acceptors (Lipinski definition) is 2. The summed E-state index contributed by atoms with van der Waals surface area (Å²) >= 11 is 5.04. The number of nitrogens with two attached hydrogens (primary N) is 1. The molecule has 0 radical (unpaired) electrons. The number of halogens is 1. The van der Waals surface area contributed by atoms with Crippen molar-refractivity contribution in [3.05, 3.63) is 58.1 Å². The Bertz CT molecular complexity index is 579. The van der Waals surface area contributed by atoms with Crippen LogP contribution in [0.2, 0.25) is 0 Å². The fourth-order valence-corrected chi connectivity index (χ4v) is 2.89. The van der Waals surface area contributed by atoms with Crippen molar-refractivity contribution in [2.24, 2.45) is 5.73 Å². The molecule has 0 aromatic heterocycles. The van der Waals surface area contributed by atoms with E-state index in [0.29, 0.717) is 0 Å². The zero-order chi connectivity index (χ0) is 13.1. The third kappa shape index (κ3) is 3.15. The summed E-state index contributed by atoms with van der Waals surface area (Å²) in [7, 11) is 0. The first-order valence-electron chi connectivity index (χ1n) is 5.45. The quantitative estimate of drug-likeness (QED) is 0.658. The monoisotopic (exact) mass is 320 g/mol. The lowest BCUT2D eigenvalue weighted by molar-refractivity contribution is 1.29. The second-order valence-corrected chi connectivity index (χ2v) is 6.00. The van der Waals surface area contributed by atoms with Crippen LogP contribution in [0.25, 0.3) is 0 Å². The SMILES string of the molecule is Cc1ccc(C(=N)N)c(Sc2ccc(Br)cc2)c1. The largest absolute Gasteiger partial charge is 0.384 e. The number of nitrogen functional groups attached to an aromatic ring is 1. The second kappa shape index (κ2) is 5.59. The van der Waals surface area contributed by atoms with Gasteiger partial charge in [-0.3, -0.25) is 5.41 Å². The molecule has 2 aromatic rings. The van der Waals surface area contributed by atoms with Gasteiger partial charge in [-0.2, -0.15) is 0 Å². The molecular weight excluding hydrogens is 308 g/mol. The van der Waals surface area contributed by atoms with Crippen LogP contribution < -0.4 is 5.73 Å². The fraction of sp³-hybridized carbons (Fsp3) is 0.0714. The third-order valence-electron chi connectivity index (χ3n) is 2.47. The maximum absolute atomic E-state index is 7.60. The van der Waals surface area contributed by atoms with Crippen molar-refractivity contribution >= 4 is 33.5 Å². The molecule has 0 aliphatic heterocycles. The summed E-state index contributed by atoms with van der Waals surface area (Å²) in [5, 5.41) is 7.60. The second-order valence-electron chi connectivity index (χ2n) is 3.97. The van der Waals surface area contributed by atoms with Gasteiger partial charge in [0.15, 0.2) is 0 Å². The molecule has 0 spiro atoms. The minimum absolute atomic E-state index is 0.106. The molecule has 2 nitrogen and oxygen atoms in total. The molecule has 4 heteroatoms. The number of amidine groups is 1. The normalized spacial score (nSPS) is 10.3. The van der Waals surface area contributed by atoms with Crippen molar-refractivity contribution in [3.8, 4) is 0 Å². The van der Waals surface area contributed by atoms with Crippen molar-refractivity contribution in [2.45, 2.75) is 16.7 Å². The van der Waals surface area contributed by atoms with Crippen molar-refractivity contribution in [2.75, 3.05) is 0 Å². The molecule has 0 heterocycles. The molecule has 2 aromatic carbocycles. The number of aryl methyl sites for hydroxylation is 1. The van der Waals surface area contributed by atoms with Crippen LogP contribution in [0.15, 0.2) is 56.7 Å². The van der Waals surface area contributed by atoms with E-state index in [4.69, 9.17) is 11.1 Å². The van der Waals surface area contributed by atoms with Crippen molar-refractivity contribution in [1.82, 2.24) is 0 Å². The lowest BCUT2D eigenvalue weighted by atomic mass is 10.1. The Morgan fingerprint density at radius 2 is 1.83 bits per heavy atom. The molecule has 0 fully saturated rings. The summed E-state index contributed by atoms with van der Waals surface area (Å²) in [6.07, 6.45) is 0. The standard InChI is InChI=1S/C14H13BrN2S/c1-9-2-7-12(14(16)17)13(8-9)18-11-5-3-10(15)4-6-11/h2-8H,1H3,(H3,16,17). The van der Waals surface area contributed by atoms with Gasteiger partial charge in [0.25, 0.3) is 0 Å². The number of benzene rings is 2. The summed E-state index contributed by atoms with van der Waals surface area (Å²) in [5.41, 5.74) is 7.56. The van der Waals surface area contributed by atoms with Gasteiger partial charge in [-0.1, -0.05) is 33.8 Å². The zero-order valence-electron chi connectivity index (χ0n) is 9.91. The number of hydrogen-bond donors (Lipinski definition) is 2. The van der Waals surface area contributed by atoms with Crippen molar-refractivity contribution in [3.63, 3.8) is 0 Å². The highest BCUT2D eigenvalue weighted by molar-refractivity contribution is 9.10. The molecule has 2 rings (SSSR count). The minimum Gasteiger partial charge on any atom is -0.384 e. The average Bonchev–Trinajstić information content (AvgIpc) is 2.32. The lowest BCUT2D eigenvalue weighted by Crippen LogP contribution is -2.12. The van der Waals surface area contributed by atoms with Gasteiger partial charge in [-0.15, -0.1) is 0 Å². The smallest absolute Gasteiger partial charge is 0.123 e. The highest BCUT2D eigenvalue weighted by Gasteiger charge is 2.07. The topological polar surface area (TPSA) is 49.9 Å². The van der Waals surface area contributed by atoms with E-state index >= 15 is 0 Å². The first-order chi connectivity index (χ1) is 8.56. The van der Waals surface area contributed by atoms with Crippen LogP contribution in [-0.2, 0) is 0 Å². The molecule has 0 amide bonds. The Balaban J connectivity index is 2.35. The molecule has 0 unspecified atom stereocenters. The van der Waals surface area contributed by atoms with Gasteiger partial charge in [-0.05, 0) is 48.9 Å². The van der Waals surface area contributed by atoms with E-state index in [9.17, 15) is 0 Å². The molecule has 0 saturated heterocycles. The minimum atomic E-state index is 0.106. The zero-order valence-corrected chi connectivity index (χ0v) is 12.3. The molecular formula is C14H13BrN2S. The molecule has 0 atom stereocenters. The summed E-state index contributed by atoms with van der Waals surface area (Å²) in [5.74, 6) is 0.106. The van der Waals surface area contributed by atoms with Crippen LogP contribution in [0.5, 0.6) is 0 Å². The highest BCUT2D eigenvalue weighted by Crippen LogP contribution is 2.31. The van der Waals surface area contributed by atoms with Crippen LogP contribution in [-0.4, -0.2) is 5.84 Å². The first-order valence-corrected chi connectivity index (χ1v) is 7.05. The van der Waals surface area contributed by atoms with Gasteiger partial charge >= 0.3 is 0 Å². The summed E-state index contributed by atoms with van der Waals surface area (Å²) in [4.78, 5) is 2.15. The summed E-state index contributed by atoms with van der Waals surface area (Å²) in [6, 6.07) is 14.0. The van der Waals surface area contributed by atoms with E-state index in [2.05, 4.69) is 22.0 Å². The molecule has 0 bridgehead atoms. The van der Waals surface area contributed by atoms with E-state index in [0.717, 1.165) is 19.8 Å². The van der Waals surface area contributed by atoms with Gasteiger partial charge in [0.2, 0.25) is 0 Å². The summed E-state index contributed by atoms with van der Waals surface area (Å²) in [6.45, 7) is 2.04. The Kier molecular flexibility index (Phi) is 4.09. The predicted molar refractivity (Wildman–Crippen MR) is 80.5 cm³/mol. The molecule has 92 valence electrons. The Morgan fingerprint density at radius 1 is 1.17 bits per heavy atom. The predicted octanol–water partition coefficient (Wildman–Crippen LogP) is 4.19. The van der Waals surface area contributed by atoms with Crippen LogP contribution in [0.1, 0.15) is 11.1 Å². The van der Waals surface area contributed by atoms with Gasteiger partial charge in [-0.25, -0.2) is 0 Å². The van der Waals surface area contributed by atoms with E-state index in [1.165, 1.54) is 5.56 Å². The molecule has 0 saturated carbocycles. The van der Waals surface area contributed by atoms with Crippen LogP contribution in [0.3, 0.4) is 0 Å². The third-order valence-corrected chi connectivity index (χ3v) is 4.06. The fourth-order valence-electron chi connectivity index (χ4n) is 1.57. The van der Waals surface area contributed by atoms with Crippen molar-refractivity contribution in [1.29, 1.82) is 5.41 Å². The molecule has 0 aliphatic rings. The van der Waals surface area contributed by atoms with E-state index in [1.54, 1.807) is 11.8 Å². The molecule has 0 aliphatic carbocycles. The van der Waals surface area contributed by atoms with Crippen LogP contribution in [0, 0.1) is 12.3 Å². The van der Waals surface area contributed by atoms with E-state index < -0.39 is 0 Å². The maximum atomic E-state index is 7.60.